The van der Waals surface area contributed by atoms with Crippen LogP contribution in [0.2, 0.25) is 60.4 Å². The molecule has 0 radical (unpaired) electrons. The average Bonchev–Trinajstić information content (AvgIpc) is 3.64. The first-order valence-electron chi connectivity index (χ1n) is 18.5. The molecule has 3 aliphatic rings. The number of benzene rings is 1. The summed E-state index contributed by atoms with van der Waals surface area (Å²) in [4.78, 5) is 15.5. The average molecular weight is 821 g/mol. The van der Waals surface area contributed by atoms with Gasteiger partial charge in [-0.3, -0.25) is 4.57 Å². The first-order valence-corrected chi connectivity index (χ1v) is 29.6. The lowest BCUT2D eigenvalue weighted by Gasteiger charge is -2.51. The smallest absolute Gasteiger partial charge is 0.335 e. The fourth-order valence-electron chi connectivity index (χ4n) is 8.58. The number of ether oxygens (including phenoxy) is 2. The number of nitrogens with zero attached hydrogens (tertiary/aromatic N) is 5. The fraction of sp³-hybridized carbons (Fsp3) is 0.686. The van der Waals surface area contributed by atoms with Gasteiger partial charge in [0, 0.05) is 6.42 Å². The highest BCUT2D eigenvalue weighted by atomic mass is 79.9. The van der Waals surface area contributed by atoms with Gasteiger partial charge in [0.2, 0.25) is 11.8 Å². The molecule has 10 nitrogen and oxygen atoms in total. The van der Waals surface area contributed by atoms with Gasteiger partial charge in [-0.05, 0) is 55.7 Å². The van der Waals surface area contributed by atoms with E-state index in [1.54, 1.807) is 0 Å². The molecule has 5 heterocycles. The van der Waals surface area contributed by atoms with Gasteiger partial charge in [0.1, 0.15) is 35.4 Å². The van der Waals surface area contributed by atoms with Gasteiger partial charge in [-0.2, -0.15) is 9.97 Å². The SMILES string of the molecule is CC(C)[Si]1(C(C)C)OC[C@H]2O[C@@H](n3c(Br)nc4c(OCc5ccccc5)nc(N5[Si](C)(C)CC[Si]5(C)C)nc43)C[C@@H]2O[Si](C(C)C)(C(C)C)O1. The van der Waals surface area contributed by atoms with Gasteiger partial charge in [-0.25, -0.2) is 4.98 Å². The zero-order valence-corrected chi connectivity index (χ0v) is 37.7. The molecule has 1 aromatic carbocycles. The first kappa shape index (κ1) is 38.3. The Balaban J connectivity index is 1.43. The monoisotopic (exact) mass is 819 g/mol. The molecule has 276 valence electrons. The minimum absolute atomic E-state index is 0.182. The maximum atomic E-state index is 7.45. The summed E-state index contributed by atoms with van der Waals surface area (Å²) >= 11 is 3.83. The second-order valence-corrected chi connectivity index (χ2v) is 36.1. The van der Waals surface area contributed by atoms with Gasteiger partial charge in [0.05, 0.1) is 12.7 Å². The zero-order valence-electron chi connectivity index (χ0n) is 32.1. The molecular formula is C35H58BrN5O5Si4. The summed E-state index contributed by atoms with van der Waals surface area (Å²) < 4.78 is 40.7. The van der Waals surface area contributed by atoms with Gasteiger partial charge >= 0.3 is 17.1 Å². The first-order chi connectivity index (χ1) is 23.4. The van der Waals surface area contributed by atoms with Crippen molar-refractivity contribution in [2.24, 2.45) is 0 Å². The van der Waals surface area contributed by atoms with Crippen LogP contribution >= 0.6 is 15.9 Å². The number of hydrogen-bond donors (Lipinski definition) is 0. The summed E-state index contributed by atoms with van der Waals surface area (Å²) in [7, 11) is -9.05. The third kappa shape index (κ3) is 6.76. The normalized spacial score (nSPS) is 25.9. The molecule has 6 rings (SSSR count). The molecule has 0 amide bonds. The Bertz CT molecular complexity index is 1640. The highest BCUT2D eigenvalue weighted by molar-refractivity contribution is 9.10. The summed E-state index contributed by atoms with van der Waals surface area (Å²) in [5.74, 6) is 1.26. The molecule has 2 aromatic heterocycles. The summed E-state index contributed by atoms with van der Waals surface area (Å²) in [6.07, 6.45) is -0.158. The summed E-state index contributed by atoms with van der Waals surface area (Å²) in [5, 5.41) is 0. The van der Waals surface area contributed by atoms with Crippen molar-refractivity contribution < 1.29 is 22.4 Å². The van der Waals surface area contributed by atoms with Crippen LogP contribution in [0.1, 0.15) is 73.6 Å². The highest BCUT2D eigenvalue weighted by Gasteiger charge is 2.60. The van der Waals surface area contributed by atoms with Gasteiger partial charge < -0.3 is 26.7 Å². The van der Waals surface area contributed by atoms with Gasteiger partial charge in [0.15, 0.2) is 15.9 Å². The third-order valence-corrected chi connectivity index (χ3v) is 32.0. The minimum Gasteiger partial charge on any atom is -0.471 e. The molecule has 0 aliphatic carbocycles. The Labute approximate surface area is 311 Å². The zero-order chi connectivity index (χ0) is 36.4. The van der Waals surface area contributed by atoms with Crippen LogP contribution in [0.15, 0.2) is 35.1 Å². The van der Waals surface area contributed by atoms with Crippen LogP contribution < -0.4 is 8.97 Å². The number of anilines is 1. The largest absolute Gasteiger partial charge is 0.471 e. The van der Waals surface area contributed by atoms with Crippen LogP contribution in [0.4, 0.5) is 5.95 Å². The molecule has 0 bridgehead atoms. The molecule has 3 saturated heterocycles. The number of imidazole rings is 1. The Morgan fingerprint density at radius 3 is 2.00 bits per heavy atom. The molecule has 0 saturated carbocycles. The lowest BCUT2D eigenvalue weighted by Crippen LogP contribution is -2.65. The Hall–Kier alpha value is -1.44. The lowest BCUT2D eigenvalue weighted by molar-refractivity contribution is -0.0550. The van der Waals surface area contributed by atoms with Crippen molar-refractivity contribution in [2.45, 2.75) is 147 Å². The number of rotatable bonds is 9. The van der Waals surface area contributed by atoms with Crippen LogP contribution in [0.5, 0.6) is 5.88 Å². The summed E-state index contributed by atoms with van der Waals surface area (Å²) in [6, 6.07) is 12.7. The van der Waals surface area contributed by atoms with E-state index in [-0.39, 0.29) is 40.6 Å². The van der Waals surface area contributed by atoms with E-state index in [0.29, 0.717) is 41.4 Å². The van der Waals surface area contributed by atoms with Crippen molar-refractivity contribution in [3.05, 3.63) is 40.6 Å². The van der Waals surface area contributed by atoms with Crippen LogP contribution in [0.3, 0.4) is 0 Å². The second-order valence-electron chi connectivity index (χ2n) is 17.0. The van der Waals surface area contributed by atoms with Crippen LogP contribution in [-0.4, -0.2) is 71.9 Å². The van der Waals surface area contributed by atoms with E-state index in [4.69, 9.17) is 37.4 Å². The standard InChI is InChI=1S/C35H58BrN5O5Si4/c1-23(2)49(24(3)4)43-22-29-28(45-50(46-49,25(5)6)26(7)8)20-30(44-29)40-32-31(37-34(40)36)33(42-21-27-16-14-13-15-17-27)39-35(38-32)41-47(9,10)18-19-48(41,11)12/h13-17,23-26,28-30H,18-22H2,1-12H3/t28-,29+,30+/m0/s1. The van der Waals surface area contributed by atoms with Gasteiger partial charge in [-0.1, -0.05) is 112 Å². The van der Waals surface area contributed by atoms with Crippen LogP contribution in [0.25, 0.3) is 11.2 Å². The van der Waals surface area contributed by atoms with Crippen LogP contribution in [-0.2, 0) is 24.3 Å². The molecule has 50 heavy (non-hydrogen) atoms. The molecular weight excluding hydrogens is 763 g/mol. The highest BCUT2D eigenvalue weighted by Crippen LogP contribution is 2.49. The fourth-order valence-corrected chi connectivity index (χ4v) is 34.2. The molecule has 3 fully saturated rings. The van der Waals surface area contributed by atoms with Crippen molar-refractivity contribution in [3.63, 3.8) is 0 Å². The van der Waals surface area contributed by atoms with E-state index in [0.717, 1.165) is 11.5 Å². The van der Waals surface area contributed by atoms with Crippen molar-refractivity contribution in [1.82, 2.24) is 19.5 Å². The predicted molar refractivity (Wildman–Crippen MR) is 213 cm³/mol. The third-order valence-electron chi connectivity index (χ3n) is 11.2. The quantitative estimate of drug-likeness (QED) is 0.155. The van der Waals surface area contributed by atoms with E-state index >= 15 is 0 Å². The van der Waals surface area contributed by atoms with Crippen molar-refractivity contribution in [1.29, 1.82) is 0 Å². The number of aromatic nitrogens is 4. The summed E-state index contributed by atoms with van der Waals surface area (Å²) in [5.41, 5.74) is 3.45. The maximum Gasteiger partial charge on any atom is 0.335 e. The molecule has 0 N–H and O–H groups in total. The molecule has 0 spiro atoms. The number of hydrogen-bond acceptors (Lipinski definition) is 9. The number of fused-ring (bicyclic) bond motifs is 2. The van der Waals surface area contributed by atoms with Crippen molar-refractivity contribution in [2.75, 3.05) is 10.8 Å². The van der Waals surface area contributed by atoms with Crippen molar-refractivity contribution in [3.8, 4) is 5.88 Å². The molecule has 15 heteroatoms. The van der Waals surface area contributed by atoms with E-state index in [1.807, 2.05) is 18.2 Å². The van der Waals surface area contributed by atoms with E-state index < -0.39 is 33.6 Å². The second kappa shape index (κ2) is 14.1. The molecule has 3 atom stereocenters. The lowest BCUT2D eigenvalue weighted by atomic mass is 10.2. The Kier molecular flexibility index (Phi) is 10.8. The molecule has 3 aromatic rings. The van der Waals surface area contributed by atoms with E-state index in [2.05, 4.69) is 118 Å². The Morgan fingerprint density at radius 2 is 1.42 bits per heavy atom. The number of halogens is 1. The maximum absolute atomic E-state index is 7.45. The molecule has 3 aliphatic heterocycles. The topological polar surface area (TPSA) is 93.0 Å². The van der Waals surface area contributed by atoms with E-state index in [9.17, 15) is 0 Å². The predicted octanol–water partition coefficient (Wildman–Crippen LogP) is 9.64. The van der Waals surface area contributed by atoms with Gasteiger partial charge in [-0.15, -0.1) is 0 Å². The van der Waals surface area contributed by atoms with E-state index in [1.165, 1.54) is 12.1 Å². The Morgan fingerprint density at radius 1 is 0.820 bits per heavy atom. The minimum atomic E-state index is -2.78. The van der Waals surface area contributed by atoms with Gasteiger partial charge in [0.25, 0.3) is 0 Å². The van der Waals surface area contributed by atoms with Crippen molar-refractivity contribution >= 4 is 66.6 Å². The summed E-state index contributed by atoms with van der Waals surface area (Å²) in [6.45, 7) is 28.6. The molecule has 0 unspecified atom stereocenters. The van der Waals surface area contributed by atoms with Crippen LogP contribution in [0, 0.1) is 0 Å².